The van der Waals surface area contributed by atoms with E-state index in [1.165, 1.54) is 4.88 Å². The molecule has 0 aliphatic carbocycles. The fourth-order valence-corrected chi connectivity index (χ4v) is 4.54. The molecule has 2 aromatic rings. The summed E-state index contributed by atoms with van der Waals surface area (Å²) >= 11 is 1.80. The molecule has 1 amide bonds. The maximum Gasteiger partial charge on any atom is 0.252 e. The highest BCUT2D eigenvalue weighted by Gasteiger charge is 2.50. The van der Waals surface area contributed by atoms with Gasteiger partial charge in [-0.1, -0.05) is 6.07 Å². The molecule has 2 saturated heterocycles. The summed E-state index contributed by atoms with van der Waals surface area (Å²) in [6, 6.07) is 7.86. The van der Waals surface area contributed by atoms with Gasteiger partial charge in [-0.15, -0.1) is 11.3 Å². The monoisotopic (exact) mass is 343 g/mol. The van der Waals surface area contributed by atoms with Crippen LogP contribution in [0.4, 0.5) is 0 Å². The predicted molar refractivity (Wildman–Crippen MR) is 92.9 cm³/mol. The summed E-state index contributed by atoms with van der Waals surface area (Å²) in [5.74, 6) is 0.437. The Balaban J connectivity index is 1.40. The maximum atomic E-state index is 12.3. The van der Waals surface area contributed by atoms with Crippen molar-refractivity contribution >= 4 is 17.2 Å². The van der Waals surface area contributed by atoms with Gasteiger partial charge in [-0.05, 0) is 23.6 Å². The molecule has 4 heterocycles. The van der Waals surface area contributed by atoms with E-state index in [0.29, 0.717) is 18.0 Å². The molecule has 0 spiro atoms. The fraction of sp³-hybridized carbons (Fsp3) is 0.444. The summed E-state index contributed by atoms with van der Waals surface area (Å²) in [7, 11) is 0. The quantitative estimate of drug-likeness (QED) is 0.902. The second-order valence-corrected chi connectivity index (χ2v) is 7.78. The Morgan fingerprint density at radius 3 is 3.21 bits per heavy atom. The van der Waals surface area contributed by atoms with E-state index in [-0.39, 0.29) is 11.3 Å². The van der Waals surface area contributed by atoms with Crippen molar-refractivity contribution in [2.24, 2.45) is 11.3 Å². The number of rotatable bonds is 5. The third kappa shape index (κ3) is 3.09. The molecule has 0 saturated carbocycles. The zero-order valence-electron chi connectivity index (χ0n) is 13.5. The van der Waals surface area contributed by atoms with Gasteiger partial charge in [0.05, 0.1) is 18.8 Å². The molecule has 2 aliphatic heterocycles. The number of aromatic nitrogens is 1. The number of amides is 1. The van der Waals surface area contributed by atoms with Gasteiger partial charge < -0.3 is 10.1 Å². The van der Waals surface area contributed by atoms with E-state index in [9.17, 15) is 4.79 Å². The van der Waals surface area contributed by atoms with Crippen molar-refractivity contribution in [3.8, 4) is 0 Å². The summed E-state index contributed by atoms with van der Waals surface area (Å²) in [6.07, 6.45) is 3.28. The van der Waals surface area contributed by atoms with Crippen LogP contribution in [0.3, 0.4) is 0 Å². The van der Waals surface area contributed by atoms with Crippen LogP contribution in [0, 0.1) is 11.3 Å². The summed E-state index contributed by atoms with van der Waals surface area (Å²) < 4.78 is 5.75. The molecule has 0 bridgehead atoms. The minimum absolute atomic E-state index is 0.0368. The lowest BCUT2D eigenvalue weighted by molar-refractivity contribution is 0.0904. The molecule has 0 aromatic carbocycles. The van der Waals surface area contributed by atoms with Gasteiger partial charge in [0.15, 0.2) is 0 Å². The predicted octanol–water partition coefficient (Wildman–Crippen LogP) is 2.02. The average molecular weight is 343 g/mol. The van der Waals surface area contributed by atoms with Crippen LogP contribution in [-0.4, -0.2) is 48.6 Å². The number of ether oxygens (including phenoxy) is 1. The molecule has 4 rings (SSSR count). The molecule has 2 atom stereocenters. The average Bonchev–Trinajstić information content (AvgIpc) is 3.30. The number of fused-ring (bicyclic) bond motifs is 1. The molecule has 1 N–H and O–H groups in total. The summed E-state index contributed by atoms with van der Waals surface area (Å²) in [6.45, 7) is 5.19. The van der Waals surface area contributed by atoms with Crippen molar-refractivity contribution in [2.75, 3.05) is 32.8 Å². The Labute approximate surface area is 145 Å². The SMILES string of the molecule is O=C(NC[C@]12COC[C@H]1CN(Cc1cccs1)C2)c1cccnc1. The van der Waals surface area contributed by atoms with Crippen LogP contribution < -0.4 is 5.32 Å². The zero-order chi connectivity index (χ0) is 16.4. The highest BCUT2D eigenvalue weighted by atomic mass is 32.1. The summed E-state index contributed by atoms with van der Waals surface area (Å²) in [5.41, 5.74) is 0.646. The van der Waals surface area contributed by atoms with Gasteiger partial charge in [0.25, 0.3) is 5.91 Å². The molecule has 126 valence electrons. The Morgan fingerprint density at radius 1 is 1.46 bits per heavy atom. The fourth-order valence-electron chi connectivity index (χ4n) is 3.79. The van der Waals surface area contributed by atoms with Crippen molar-refractivity contribution in [3.63, 3.8) is 0 Å². The summed E-state index contributed by atoms with van der Waals surface area (Å²) in [5, 5.41) is 5.22. The molecule has 0 unspecified atom stereocenters. The number of nitrogens with one attached hydrogen (secondary N) is 1. The van der Waals surface area contributed by atoms with Gasteiger partial charge in [0.2, 0.25) is 0 Å². The molecular formula is C18H21N3O2S. The van der Waals surface area contributed by atoms with Crippen LogP contribution in [0.15, 0.2) is 42.0 Å². The van der Waals surface area contributed by atoms with E-state index in [4.69, 9.17) is 4.74 Å². The molecule has 2 aromatic heterocycles. The number of nitrogens with zero attached hydrogens (tertiary/aromatic N) is 2. The number of carbonyl (C=O) groups excluding carboxylic acids is 1. The van der Waals surface area contributed by atoms with E-state index < -0.39 is 0 Å². The number of thiophene rings is 1. The van der Waals surface area contributed by atoms with Crippen molar-refractivity contribution in [3.05, 3.63) is 52.5 Å². The number of hydrogen-bond acceptors (Lipinski definition) is 5. The lowest BCUT2D eigenvalue weighted by atomic mass is 9.81. The molecule has 0 radical (unpaired) electrons. The third-order valence-corrected chi connectivity index (χ3v) is 5.94. The first-order valence-corrected chi connectivity index (χ1v) is 9.14. The molecule has 5 nitrogen and oxygen atoms in total. The number of likely N-dealkylation sites (tertiary alicyclic amines) is 1. The van der Waals surface area contributed by atoms with Crippen LogP contribution in [0.2, 0.25) is 0 Å². The van der Waals surface area contributed by atoms with E-state index in [2.05, 4.69) is 32.7 Å². The van der Waals surface area contributed by atoms with Crippen molar-refractivity contribution in [1.29, 1.82) is 0 Å². The standard InChI is InChI=1S/C18H21N3O2S/c22-17(14-3-1-5-19-7-14)20-11-18-12-21(8-15(18)10-23-13-18)9-16-4-2-6-24-16/h1-7,15H,8-13H2,(H,20,22)/t15-,18+/m1/s1. The second-order valence-electron chi connectivity index (χ2n) is 6.75. The van der Waals surface area contributed by atoms with Crippen LogP contribution in [-0.2, 0) is 11.3 Å². The largest absolute Gasteiger partial charge is 0.380 e. The lowest BCUT2D eigenvalue weighted by Gasteiger charge is -2.27. The smallest absolute Gasteiger partial charge is 0.252 e. The van der Waals surface area contributed by atoms with Gasteiger partial charge >= 0.3 is 0 Å². The van der Waals surface area contributed by atoms with Gasteiger partial charge in [-0.3, -0.25) is 14.7 Å². The van der Waals surface area contributed by atoms with Gasteiger partial charge in [0.1, 0.15) is 0 Å². The van der Waals surface area contributed by atoms with Crippen LogP contribution >= 0.6 is 11.3 Å². The van der Waals surface area contributed by atoms with Gasteiger partial charge in [-0.2, -0.15) is 0 Å². The van der Waals surface area contributed by atoms with E-state index in [1.54, 1.807) is 35.9 Å². The highest BCUT2D eigenvalue weighted by molar-refractivity contribution is 7.09. The first-order chi connectivity index (χ1) is 11.8. The minimum Gasteiger partial charge on any atom is -0.380 e. The van der Waals surface area contributed by atoms with Crippen LogP contribution in [0.1, 0.15) is 15.2 Å². The van der Waals surface area contributed by atoms with E-state index in [0.717, 1.165) is 32.8 Å². The number of hydrogen-bond donors (Lipinski definition) is 1. The molecule has 2 aliphatic rings. The normalized spacial score (nSPS) is 26.4. The summed E-state index contributed by atoms with van der Waals surface area (Å²) in [4.78, 5) is 20.2. The zero-order valence-corrected chi connectivity index (χ0v) is 14.3. The lowest BCUT2D eigenvalue weighted by Crippen LogP contribution is -2.43. The van der Waals surface area contributed by atoms with Crippen molar-refractivity contribution in [1.82, 2.24) is 15.2 Å². The van der Waals surface area contributed by atoms with Crippen molar-refractivity contribution < 1.29 is 9.53 Å². The first kappa shape index (κ1) is 15.7. The van der Waals surface area contributed by atoms with E-state index >= 15 is 0 Å². The molecule has 24 heavy (non-hydrogen) atoms. The van der Waals surface area contributed by atoms with Gasteiger partial charge in [0, 0.05) is 54.8 Å². The Bertz CT molecular complexity index is 692. The van der Waals surface area contributed by atoms with E-state index in [1.807, 2.05) is 0 Å². The Kier molecular flexibility index (Phi) is 4.35. The van der Waals surface area contributed by atoms with Crippen LogP contribution in [0.5, 0.6) is 0 Å². The maximum absolute atomic E-state index is 12.3. The molecular weight excluding hydrogens is 322 g/mol. The number of pyridine rings is 1. The molecule has 6 heteroatoms. The first-order valence-electron chi connectivity index (χ1n) is 8.26. The Morgan fingerprint density at radius 2 is 2.42 bits per heavy atom. The van der Waals surface area contributed by atoms with Crippen LogP contribution in [0.25, 0.3) is 0 Å². The van der Waals surface area contributed by atoms with Crippen molar-refractivity contribution in [2.45, 2.75) is 6.54 Å². The third-order valence-electron chi connectivity index (χ3n) is 5.08. The van der Waals surface area contributed by atoms with Gasteiger partial charge in [-0.25, -0.2) is 0 Å². The topological polar surface area (TPSA) is 54.5 Å². The minimum atomic E-state index is -0.0557. The molecule has 2 fully saturated rings. The highest BCUT2D eigenvalue weighted by Crippen LogP contribution is 2.41. The second kappa shape index (κ2) is 6.63. The Hall–Kier alpha value is -1.76. The number of carbonyl (C=O) groups is 1.